The van der Waals surface area contributed by atoms with E-state index in [1.54, 1.807) is 24.3 Å². The zero-order valence-electron chi connectivity index (χ0n) is 16.9. The molecule has 0 bridgehead atoms. The molecule has 32 heavy (non-hydrogen) atoms. The summed E-state index contributed by atoms with van der Waals surface area (Å²) in [5.74, 6) is -0.839. The van der Waals surface area contributed by atoms with E-state index in [-0.39, 0.29) is 28.5 Å². The Labute approximate surface area is 180 Å². The highest BCUT2D eigenvalue weighted by atomic mass is 16.6. The van der Waals surface area contributed by atoms with E-state index < -0.39 is 22.7 Å². The number of tetrazole rings is 1. The first-order valence-electron chi connectivity index (χ1n) is 9.25. The molecule has 0 radical (unpaired) electrons. The summed E-state index contributed by atoms with van der Waals surface area (Å²) in [4.78, 5) is 37.1. The van der Waals surface area contributed by atoms with Crippen LogP contribution in [0.2, 0.25) is 0 Å². The summed E-state index contributed by atoms with van der Waals surface area (Å²) in [6.07, 6.45) is 0. The molecule has 0 amide bonds. The molecule has 0 fully saturated rings. The number of carbonyl (C=O) groups excluding carboxylic acids is 2. The van der Waals surface area contributed by atoms with Gasteiger partial charge in [0.25, 0.3) is 5.69 Å². The van der Waals surface area contributed by atoms with E-state index in [1.807, 2.05) is 0 Å². The van der Waals surface area contributed by atoms with Gasteiger partial charge in [0.05, 0.1) is 24.7 Å². The minimum atomic E-state index is -1.03. The molecule has 0 aliphatic carbocycles. The van der Waals surface area contributed by atoms with Crippen molar-refractivity contribution in [1.82, 2.24) is 20.2 Å². The van der Waals surface area contributed by atoms with Crippen molar-refractivity contribution in [2.75, 3.05) is 19.5 Å². The second-order valence-electron chi connectivity index (χ2n) is 6.67. The van der Waals surface area contributed by atoms with E-state index in [1.165, 1.54) is 43.2 Å². The number of methoxy groups -OCH3 is 2. The van der Waals surface area contributed by atoms with Crippen molar-refractivity contribution in [3.05, 3.63) is 81.0 Å². The number of fused-ring (bicyclic) bond motifs is 1. The number of allylic oxidation sites excluding steroid dienone is 1. The number of hydrogen-bond donors (Lipinski definition) is 1. The van der Waals surface area contributed by atoms with Crippen molar-refractivity contribution in [2.24, 2.45) is 0 Å². The number of esters is 1. The highest BCUT2D eigenvalue weighted by Gasteiger charge is 2.39. The first kappa shape index (κ1) is 20.7. The zero-order chi connectivity index (χ0) is 22.8. The van der Waals surface area contributed by atoms with Crippen LogP contribution in [0.1, 0.15) is 22.0 Å². The van der Waals surface area contributed by atoms with Gasteiger partial charge in [-0.3, -0.25) is 14.9 Å². The number of nitrogens with one attached hydrogen (secondary N) is 1. The Morgan fingerprint density at radius 1 is 1.16 bits per heavy atom. The van der Waals surface area contributed by atoms with Crippen LogP contribution in [0.25, 0.3) is 0 Å². The zero-order valence-corrected chi connectivity index (χ0v) is 16.9. The van der Waals surface area contributed by atoms with E-state index >= 15 is 0 Å². The molecule has 1 aliphatic heterocycles. The molecule has 0 spiro atoms. The molecule has 0 unspecified atom stereocenters. The third kappa shape index (κ3) is 3.53. The van der Waals surface area contributed by atoms with Crippen molar-refractivity contribution >= 4 is 23.4 Å². The van der Waals surface area contributed by atoms with Crippen LogP contribution in [-0.4, -0.2) is 51.1 Å². The average Bonchev–Trinajstić information content (AvgIpc) is 3.30. The number of nitrogens with zero attached hydrogens (tertiary/aromatic N) is 5. The summed E-state index contributed by atoms with van der Waals surface area (Å²) in [5, 5.41) is 25.4. The quantitative estimate of drug-likeness (QED) is 0.262. The van der Waals surface area contributed by atoms with E-state index in [0.717, 1.165) is 0 Å². The Morgan fingerprint density at radius 2 is 1.94 bits per heavy atom. The topological polar surface area (TPSA) is 151 Å². The molecule has 3 aromatic rings. The number of nitro benzene ring substituents is 1. The Kier molecular flexibility index (Phi) is 5.33. The fourth-order valence-electron chi connectivity index (χ4n) is 3.42. The van der Waals surface area contributed by atoms with Crippen LogP contribution in [0, 0.1) is 10.1 Å². The Morgan fingerprint density at radius 3 is 2.66 bits per heavy atom. The summed E-state index contributed by atoms with van der Waals surface area (Å²) >= 11 is 0. The number of carbonyl (C=O) groups is 2. The molecule has 0 saturated carbocycles. The van der Waals surface area contributed by atoms with Gasteiger partial charge in [0.15, 0.2) is 5.78 Å². The molecular formula is C20H16N6O6. The predicted molar refractivity (Wildman–Crippen MR) is 109 cm³/mol. The molecule has 2 aromatic carbocycles. The molecule has 1 aliphatic rings. The number of anilines is 1. The van der Waals surface area contributed by atoms with E-state index in [2.05, 4.69) is 20.8 Å². The fraction of sp³-hybridized carbons (Fsp3) is 0.150. The Hall–Kier alpha value is -4.61. The fourth-order valence-corrected chi connectivity index (χ4v) is 3.42. The minimum absolute atomic E-state index is 0.0367. The maximum absolute atomic E-state index is 13.7. The summed E-state index contributed by atoms with van der Waals surface area (Å²) in [7, 11) is 2.63. The molecule has 1 aromatic heterocycles. The summed E-state index contributed by atoms with van der Waals surface area (Å²) in [6, 6.07) is 11.0. The first-order chi connectivity index (χ1) is 15.4. The van der Waals surface area contributed by atoms with Gasteiger partial charge < -0.3 is 14.8 Å². The van der Waals surface area contributed by atoms with Gasteiger partial charge in [-0.15, -0.1) is 0 Å². The van der Waals surface area contributed by atoms with Crippen LogP contribution in [0.15, 0.2) is 59.8 Å². The standard InChI is InChI=1S/C20H16N6O6/c1-31-14-8-4-6-12(10-14)18(27)15-16(19(28)32-2)21-20-22-23-24-25(20)17(15)11-5-3-7-13(9-11)26(29)30/h3-10,17H,1-2H3,(H,21,22,24)/t17-/m1/s1. The highest BCUT2D eigenvalue weighted by molar-refractivity contribution is 6.15. The number of rotatable bonds is 6. The van der Waals surface area contributed by atoms with Gasteiger partial charge in [0.1, 0.15) is 17.5 Å². The second-order valence-corrected chi connectivity index (χ2v) is 6.67. The van der Waals surface area contributed by atoms with Crippen molar-refractivity contribution in [3.63, 3.8) is 0 Å². The van der Waals surface area contributed by atoms with Gasteiger partial charge in [-0.1, -0.05) is 29.4 Å². The van der Waals surface area contributed by atoms with E-state index in [0.29, 0.717) is 11.3 Å². The van der Waals surface area contributed by atoms with Crippen molar-refractivity contribution < 1.29 is 24.0 Å². The lowest BCUT2D eigenvalue weighted by atomic mass is 9.89. The predicted octanol–water partition coefficient (Wildman–Crippen LogP) is 1.91. The van der Waals surface area contributed by atoms with Crippen LogP contribution in [0.5, 0.6) is 5.75 Å². The van der Waals surface area contributed by atoms with Crippen LogP contribution in [0.4, 0.5) is 11.6 Å². The number of aromatic nitrogens is 4. The van der Waals surface area contributed by atoms with Crippen molar-refractivity contribution in [3.8, 4) is 5.75 Å². The highest BCUT2D eigenvalue weighted by Crippen LogP contribution is 2.37. The van der Waals surface area contributed by atoms with Gasteiger partial charge in [0.2, 0.25) is 5.95 Å². The maximum Gasteiger partial charge on any atom is 0.355 e. The molecule has 1 atom stereocenters. The monoisotopic (exact) mass is 436 g/mol. The number of Topliss-reactive ketones (excluding diaryl/α,β-unsaturated/α-hetero) is 1. The Balaban J connectivity index is 1.96. The minimum Gasteiger partial charge on any atom is -0.497 e. The van der Waals surface area contributed by atoms with Gasteiger partial charge in [-0.25, -0.2) is 4.79 Å². The summed E-state index contributed by atoms with van der Waals surface area (Å²) < 4.78 is 11.3. The molecule has 4 rings (SSSR count). The second kappa shape index (κ2) is 8.26. The average molecular weight is 436 g/mol. The van der Waals surface area contributed by atoms with Crippen molar-refractivity contribution in [2.45, 2.75) is 6.04 Å². The van der Waals surface area contributed by atoms with Gasteiger partial charge in [-0.2, -0.15) is 4.68 Å². The largest absolute Gasteiger partial charge is 0.497 e. The lowest BCUT2D eigenvalue weighted by molar-refractivity contribution is -0.384. The maximum atomic E-state index is 13.7. The van der Waals surface area contributed by atoms with Gasteiger partial charge in [0, 0.05) is 17.7 Å². The molecular weight excluding hydrogens is 420 g/mol. The summed E-state index contributed by atoms with van der Waals surface area (Å²) in [6.45, 7) is 0. The molecule has 12 nitrogen and oxygen atoms in total. The number of hydrogen-bond acceptors (Lipinski definition) is 10. The van der Waals surface area contributed by atoms with Crippen LogP contribution < -0.4 is 10.1 Å². The van der Waals surface area contributed by atoms with Gasteiger partial charge >= 0.3 is 5.97 Å². The Bertz CT molecular complexity index is 1270. The molecule has 1 N–H and O–H groups in total. The van der Waals surface area contributed by atoms with Crippen LogP contribution in [0.3, 0.4) is 0 Å². The van der Waals surface area contributed by atoms with Crippen LogP contribution in [-0.2, 0) is 9.53 Å². The first-order valence-corrected chi connectivity index (χ1v) is 9.25. The number of nitro groups is 1. The lowest BCUT2D eigenvalue weighted by Crippen LogP contribution is -2.33. The van der Waals surface area contributed by atoms with Crippen LogP contribution >= 0.6 is 0 Å². The smallest absolute Gasteiger partial charge is 0.355 e. The normalized spacial score (nSPS) is 14.9. The molecule has 12 heteroatoms. The third-order valence-corrected chi connectivity index (χ3v) is 4.88. The molecule has 0 saturated heterocycles. The number of non-ortho nitro benzene ring substituents is 1. The number of ether oxygens (including phenoxy) is 2. The molecule has 162 valence electrons. The van der Waals surface area contributed by atoms with Gasteiger partial charge in [-0.05, 0) is 28.1 Å². The number of ketones is 1. The van der Waals surface area contributed by atoms with E-state index in [9.17, 15) is 19.7 Å². The SMILES string of the molecule is COC(=O)C1=C(C(=O)c2cccc(OC)c2)[C@@H](c2cccc([N+](=O)[O-])c2)n2nnnc2N1. The lowest BCUT2D eigenvalue weighted by Gasteiger charge is -2.28. The number of benzene rings is 2. The van der Waals surface area contributed by atoms with Crippen molar-refractivity contribution in [1.29, 1.82) is 0 Å². The molecule has 2 heterocycles. The third-order valence-electron chi connectivity index (χ3n) is 4.88. The van der Waals surface area contributed by atoms with E-state index in [4.69, 9.17) is 9.47 Å². The summed E-state index contributed by atoms with van der Waals surface area (Å²) in [5.41, 5.74) is 0.171.